The number of carbonyl (C=O) groups is 2. The Morgan fingerprint density at radius 3 is 2.56 bits per heavy atom. The van der Waals surface area contributed by atoms with Crippen LogP contribution < -0.4 is 4.74 Å². The molecule has 2 N–H and O–H groups in total. The molecule has 4 rings (SSSR count). The van der Waals surface area contributed by atoms with E-state index in [2.05, 4.69) is 4.98 Å². The van der Waals surface area contributed by atoms with Crippen LogP contribution in [0.1, 0.15) is 28.4 Å². The fourth-order valence-corrected chi connectivity index (χ4v) is 3.92. The van der Waals surface area contributed by atoms with E-state index in [-0.39, 0.29) is 23.6 Å². The molecule has 3 aromatic rings. The second-order valence-electron chi connectivity index (χ2n) is 7.52. The molecular weight excluding hydrogens is 408 g/mol. The van der Waals surface area contributed by atoms with Gasteiger partial charge in [0.1, 0.15) is 17.3 Å². The number of Topliss-reactive ketones (excluding diaryl/α,β-unsaturated/α-hetero) is 1. The third kappa shape index (κ3) is 3.80. The van der Waals surface area contributed by atoms with Crippen molar-refractivity contribution in [2.45, 2.75) is 19.5 Å². The van der Waals surface area contributed by atoms with Gasteiger partial charge in [-0.05, 0) is 60.5 Å². The van der Waals surface area contributed by atoms with Crippen LogP contribution in [0.5, 0.6) is 11.5 Å². The number of benzene rings is 2. The van der Waals surface area contributed by atoms with Crippen LogP contribution in [0.4, 0.5) is 0 Å². The van der Waals surface area contributed by atoms with Gasteiger partial charge in [0.25, 0.3) is 11.7 Å². The smallest absolute Gasteiger partial charge is 0.296 e. The summed E-state index contributed by atoms with van der Waals surface area (Å²) in [5.74, 6) is -1.20. The second kappa shape index (κ2) is 8.55. The fourth-order valence-electron chi connectivity index (χ4n) is 3.92. The van der Waals surface area contributed by atoms with Crippen LogP contribution >= 0.6 is 0 Å². The molecule has 1 fully saturated rings. The molecule has 0 aliphatic carbocycles. The number of pyridine rings is 1. The van der Waals surface area contributed by atoms with Gasteiger partial charge in [-0.25, -0.2) is 0 Å². The van der Waals surface area contributed by atoms with Crippen molar-refractivity contribution in [1.82, 2.24) is 9.88 Å². The Bertz CT molecular complexity index is 1220. The van der Waals surface area contributed by atoms with Crippen LogP contribution in [0, 0.1) is 6.92 Å². The van der Waals surface area contributed by atoms with E-state index in [1.54, 1.807) is 68.8 Å². The van der Waals surface area contributed by atoms with Gasteiger partial charge in [-0.3, -0.25) is 14.6 Å². The Balaban J connectivity index is 1.88. The van der Waals surface area contributed by atoms with Crippen LogP contribution in [-0.4, -0.2) is 38.9 Å². The molecule has 1 saturated heterocycles. The molecular formula is C25H22N2O5. The monoisotopic (exact) mass is 430 g/mol. The van der Waals surface area contributed by atoms with E-state index in [4.69, 9.17) is 4.74 Å². The molecule has 162 valence electrons. The summed E-state index contributed by atoms with van der Waals surface area (Å²) in [6.07, 6.45) is 1.61. The fraction of sp³-hybridized carbons (Fsp3) is 0.160. The van der Waals surface area contributed by atoms with Crippen molar-refractivity contribution in [2.75, 3.05) is 7.11 Å². The van der Waals surface area contributed by atoms with Gasteiger partial charge in [-0.2, -0.15) is 0 Å². The number of rotatable bonds is 5. The zero-order chi connectivity index (χ0) is 22.8. The average molecular weight is 430 g/mol. The number of phenolic OH excluding ortho intramolecular Hbond substituents is 1. The van der Waals surface area contributed by atoms with E-state index in [9.17, 15) is 19.8 Å². The number of aryl methyl sites for hydroxylation is 1. The normalized spacial score (nSPS) is 17.6. The Hall–Kier alpha value is -4.13. The SMILES string of the molecule is COc1ccc(/C(O)=C2/C(=O)C(=O)N(Cc3ccccn3)C2c2cccc(O)c2)c(C)c1. The number of phenols is 1. The van der Waals surface area contributed by atoms with Gasteiger partial charge in [0.05, 0.1) is 31.0 Å². The molecule has 0 radical (unpaired) electrons. The second-order valence-corrected chi connectivity index (χ2v) is 7.52. The number of methoxy groups -OCH3 is 1. The van der Waals surface area contributed by atoms with Crippen LogP contribution in [0.15, 0.2) is 72.4 Å². The summed E-state index contributed by atoms with van der Waals surface area (Å²) >= 11 is 0. The lowest BCUT2D eigenvalue weighted by Crippen LogP contribution is -2.29. The lowest BCUT2D eigenvalue weighted by atomic mass is 9.93. The highest BCUT2D eigenvalue weighted by Gasteiger charge is 2.46. The topological polar surface area (TPSA) is 100.0 Å². The molecule has 7 nitrogen and oxygen atoms in total. The van der Waals surface area contributed by atoms with Crippen molar-refractivity contribution in [3.8, 4) is 11.5 Å². The summed E-state index contributed by atoms with van der Waals surface area (Å²) in [7, 11) is 1.54. The highest BCUT2D eigenvalue weighted by atomic mass is 16.5. The summed E-state index contributed by atoms with van der Waals surface area (Å²) in [5, 5.41) is 21.2. The van der Waals surface area contributed by atoms with Crippen molar-refractivity contribution >= 4 is 17.4 Å². The van der Waals surface area contributed by atoms with Crippen LogP contribution in [0.3, 0.4) is 0 Å². The van der Waals surface area contributed by atoms with E-state index >= 15 is 0 Å². The number of aromatic nitrogens is 1. The van der Waals surface area contributed by atoms with Gasteiger partial charge in [-0.15, -0.1) is 0 Å². The third-order valence-corrected chi connectivity index (χ3v) is 5.47. The molecule has 1 aliphatic heterocycles. The Labute approximate surface area is 185 Å². The van der Waals surface area contributed by atoms with Gasteiger partial charge < -0.3 is 19.8 Å². The molecule has 0 saturated carbocycles. The predicted octanol–water partition coefficient (Wildman–Crippen LogP) is 3.73. The number of nitrogens with zero attached hydrogens (tertiary/aromatic N) is 2. The maximum atomic E-state index is 13.1. The minimum absolute atomic E-state index is 0.00782. The number of hydrogen-bond donors (Lipinski definition) is 2. The standard InChI is InChI=1S/C25H22N2O5/c1-15-12-19(32-2)9-10-20(15)23(29)21-22(16-6-5-8-18(28)13-16)27(25(31)24(21)30)14-17-7-3-4-11-26-17/h3-13,22,28-29H,14H2,1-2H3/b23-21-. The minimum atomic E-state index is -0.884. The summed E-state index contributed by atoms with van der Waals surface area (Å²) < 4.78 is 5.22. The molecule has 1 aromatic heterocycles. The number of likely N-dealkylation sites (tertiary alicyclic amines) is 1. The highest BCUT2D eigenvalue weighted by molar-refractivity contribution is 6.46. The predicted molar refractivity (Wildman–Crippen MR) is 118 cm³/mol. The average Bonchev–Trinajstić information content (AvgIpc) is 3.04. The summed E-state index contributed by atoms with van der Waals surface area (Å²) in [6.45, 7) is 1.86. The first-order valence-electron chi connectivity index (χ1n) is 10.0. The maximum absolute atomic E-state index is 13.1. The lowest BCUT2D eigenvalue weighted by Gasteiger charge is -2.25. The number of aromatic hydroxyl groups is 1. The van der Waals surface area contributed by atoms with E-state index in [1.165, 1.54) is 17.0 Å². The van der Waals surface area contributed by atoms with Crippen molar-refractivity contribution in [1.29, 1.82) is 0 Å². The van der Waals surface area contributed by atoms with Gasteiger partial charge in [0.2, 0.25) is 0 Å². The van der Waals surface area contributed by atoms with E-state index in [0.29, 0.717) is 28.1 Å². The number of ether oxygens (including phenoxy) is 1. The summed E-state index contributed by atoms with van der Waals surface area (Å²) in [5.41, 5.74) is 2.18. The zero-order valence-corrected chi connectivity index (χ0v) is 17.6. The number of amides is 1. The number of aliphatic hydroxyl groups excluding tert-OH is 1. The highest BCUT2D eigenvalue weighted by Crippen LogP contribution is 2.41. The first-order valence-corrected chi connectivity index (χ1v) is 10.0. The van der Waals surface area contributed by atoms with Crippen molar-refractivity contribution in [3.63, 3.8) is 0 Å². The largest absolute Gasteiger partial charge is 0.508 e. The minimum Gasteiger partial charge on any atom is -0.508 e. The third-order valence-electron chi connectivity index (χ3n) is 5.47. The molecule has 2 aromatic carbocycles. The quantitative estimate of drug-likeness (QED) is 0.364. The van der Waals surface area contributed by atoms with E-state index in [0.717, 1.165) is 0 Å². The van der Waals surface area contributed by atoms with Crippen molar-refractivity contribution < 1.29 is 24.5 Å². The van der Waals surface area contributed by atoms with Crippen LogP contribution in [0.25, 0.3) is 5.76 Å². The first-order chi connectivity index (χ1) is 15.4. The molecule has 1 unspecified atom stereocenters. The molecule has 2 heterocycles. The molecule has 1 amide bonds. The van der Waals surface area contributed by atoms with E-state index in [1.807, 2.05) is 0 Å². The zero-order valence-electron chi connectivity index (χ0n) is 17.6. The van der Waals surface area contributed by atoms with Crippen molar-refractivity contribution in [3.05, 3.63) is 94.8 Å². The molecule has 7 heteroatoms. The number of aliphatic hydroxyl groups is 1. The molecule has 1 atom stereocenters. The molecule has 1 aliphatic rings. The number of carbonyl (C=O) groups excluding carboxylic acids is 2. The lowest BCUT2D eigenvalue weighted by molar-refractivity contribution is -0.140. The van der Waals surface area contributed by atoms with Gasteiger partial charge in [-0.1, -0.05) is 18.2 Å². The number of ketones is 1. The Kier molecular flexibility index (Phi) is 5.64. The Morgan fingerprint density at radius 2 is 1.91 bits per heavy atom. The van der Waals surface area contributed by atoms with Gasteiger partial charge in [0.15, 0.2) is 0 Å². The summed E-state index contributed by atoms with van der Waals surface area (Å²) in [4.78, 5) is 31.8. The number of hydrogen-bond acceptors (Lipinski definition) is 6. The molecule has 0 bridgehead atoms. The van der Waals surface area contributed by atoms with Crippen molar-refractivity contribution in [2.24, 2.45) is 0 Å². The maximum Gasteiger partial charge on any atom is 0.296 e. The van der Waals surface area contributed by atoms with E-state index < -0.39 is 17.7 Å². The van der Waals surface area contributed by atoms with Crippen LogP contribution in [-0.2, 0) is 16.1 Å². The van der Waals surface area contributed by atoms with Gasteiger partial charge in [0, 0.05) is 11.8 Å². The molecule has 0 spiro atoms. The summed E-state index contributed by atoms with van der Waals surface area (Å²) in [6, 6.07) is 15.8. The first kappa shape index (κ1) is 21.1. The van der Waals surface area contributed by atoms with Crippen LogP contribution in [0.2, 0.25) is 0 Å². The molecule has 32 heavy (non-hydrogen) atoms. The Morgan fingerprint density at radius 1 is 1.09 bits per heavy atom. The van der Waals surface area contributed by atoms with Gasteiger partial charge >= 0.3 is 0 Å².